The quantitative estimate of drug-likeness (QED) is 0.748. The molecule has 1 amide bonds. The van der Waals surface area contributed by atoms with E-state index >= 15 is 0 Å². The molecule has 19 heavy (non-hydrogen) atoms. The molecule has 1 atom stereocenters. The molecular weight excluding hydrogens is 280 g/mol. The number of ether oxygens (including phenoxy) is 1. The van der Waals surface area contributed by atoms with Crippen molar-refractivity contribution < 1.29 is 35.9 Å². The highest BCUT2D eigenvalue weighted by atomic mass is 19.4. The molecule has 1 heterocycles. The number of amides is 1. The summed E-state index contributed by atoms with van der Waals surface area (Å²) in [5, 5.41) is 0. The molecule has 1 unspecified atom stereocenters. The summed E-state index contributed by atoms with van der Waals surface area (Å²) in [6, 6.07) is 0. The molecule has 0 bridgehead atoms. The molecule has 1 aliphatic rings. The maximum Gasteiger partial charge on any atom is 0.400 e. The number of hydrogen-bond donors (Lipinski definition) is 0. The van der Waals surface area contributed by atoms with Crippen LogP contribution >= 0.6 is 0 Å². The van der Waals surface area contributed by atoms with E-state index < -0.39 is 37.0 Å². The molecule has 0 saturated carbocycles. The van der Waals surface area contributed by atoms with Crippen molar-refractivity contribution in [2.24, 2.45) is 5.92 Å². The molecular formula is C10H13F6NO2. The maximum absolute atomic E-state index is 12.7. The highest BCUT2D eigenvalue weighted by Crippen LogP contribution is 2.35. The Morgan fingerprint density at radius 1 is 1.11 bits per heavy atom. The third-order valence-corrected chi connectivity index (χ3v) is 2.73. The van der Waals surface area contributed by atoms with Crippen LogP contribution in [0.2, 0.25) is 0 Å². The van der Waals surface area contributed by atoms with Gasteiger partial charge in [0, 0.05) is 19.5 Å². The number of morpholine rings is 1. The number of alkyl halides is 6. The standard InChI is InChI=1S/C10H13F6NO2/c11-9(12,13)2-1-7(10(14,15)16)8(18)17-3-5-19-6-4-17/h7H,1-6H2. The van der Waals surface area contributed by atoms with Crippen molar-refractivity contribution in [3.63, 3.8) is 0 Å². The molecule has 9 heteroatoms. The predicted octanol–water partition coefficient (Wildman–Crippen LogP) is 2.37. The highest BCUT2D eigenvalue weighted by Gasteiger charge is 2.47. The van der Waals surface area contributed by atoms with Gasteiger partial charge in [0.2, 0.25) is 5.91 Å². The van der Waals surface area contributed by atoms with E-state index in [0.717, 1.165) is 4.90 Å². The zero-order valence-electron chi connectivity index (χ0n) is 9.85. The van der Waals surface area contributed by atoms with E-state index in [1.165, 1.54) is 0 Å². The lowest BCUT2D eigenvalue weighted by Crippen LogP contribution is -2.47. The summed E-state index contributed by atoms with van der Waals surface area (Å²) in [5.41, 5.74) is 0. The molecule has 0 aromatic heterocycles. The van der Waals surface area contributed by atoms with Gasteiger partial charge in [-0.05, 0) is 6.42 Å². The summed E-state index contributed by atoms with van der Waals surface area (Å²) < 4.78 is 78.8. The normalized spacial score (nSPS) is 19.4. The smallest absolute Gasteiger partial charge is 0.378 e. The van der Waals surface area contributed by atoms with E-state index in [0.29, 0.717) is 0 Å². The van der Waals surface area contributed by atoms with E-state index in [4.69, 9.17) is 4.74 Å². The van der Waals surface area contributed by atoms with Crippen molar-refractivity contribution in [3.8, 4) is 0 Å². The first kappa shape index (κ1) is 16.1. The SMILES string of the molecule is O=C(C(CCC(F)(F)F)C(F)(F)F)N1CCOCC1. The van der Waals surface area contributed by atoms with Gasteiger partial charge >= 0.3 is 12.4 Å². The summed E-state index contributed by atoms with van der Waals surface area (Å²) in [5.74, 6) is -3.91. The molecule has 1 fully saturated rings. The lowest BCUT2D eigenvalue weighted by molar-refractivity contribution is -0.199. The minimum absolute atomic E-state index is 0.0303. The van der Waals surface area contributed by atoms with E-state index in [2.05, 4.69) is 0 Å². The van der Waals surface area contributed by atoms with Crippen LogP contribution in [0.1, 0.15) is 12.8 Å². The molecule has 0 N–H and O–H groups in total. The predicted molar refractivity (Wildman–Crippen MR) is 52.2 cm³/mol. The second kappa shape index (κ2) is 5.98. The van der Waals surface area contributed by atoms with Gasteiger partial charge in [-0.25, -0.2) is 0 Å². The average molecular weight is 293 g/mol. The summed E-state index contributed by atoms with van der Waals surface area (Å²) in [6.45, 7) is 0.125. The number of carbonyl (C=O) groups excluding carboxylic acids is 1. The zero-order valence-corrected chi connectivity index (χ0v) is 9.85. The van der Waals surface area contributed by atoms with Gasteiger partial charge < -0.3 is 9.64 Å². The zero-order chi connectivity index (χ0) is 14.7. The maximum atomic E-state index is 12.7. The first-order valence-corrected chi connectivity index (χ1v) is 5.61. The fourth-order valence-electron chi connectivity index (χ4n) is 1.74. The second-order valence-electron chi connectivity index (χ2n) is 4.19. The third kappa shape index (κ3) is 5.25. The number of hydrogen-bond acceptors (Lipinski definition) is 2. The highest BCUT2D eigenvalue weighted by molar-refractivity contribution is 5.79. The summed E-state index contributed by atoms with van der Waals surface area (Å²) in [4.78, 5) is 12.5. The molecule has 0 spiro atoms. The Hall–Kier alpha value is -0.990. The van der Waals surface area contributed by atoms with Crippen LogP contribution in [0.4, 0.5) is 26.3 Å². The average Bonchev–Trinajstić information content (AvgIpc) is 2.26. The Morgan fingerprint density at radius 2 is 1.63 bits per heavy atom. The van der Waals surface area contributed by atoms with E-state index in [1.807, 2.05) is 0 Å². The van der Waals surface area contributed by atoms with Crippen LogP contribution in [0.25, 0.3) is 0 Å². The Kier molecular flexibility index (Phi) is 5.05. The fourth-order valence-corrected chi connectivity index (χ4v) is 1.74. The Labute approximate surface area is 105 Å². The van der Waals surface area contributed by atoms with E-state index in [-0.39, 0.29) is 26.3 Å². The molecule has 1 rings (SSSR count). The van der Waals surface area contributed by atoms with E-state index in [9.17, 15) is 31.1 Å². The number of carbonyl (C=O) groups is 1. The Morgan fingerprint density at radius 3 is 2.05 bits per heavy atom. The van der Waals surface area contributed by atoms with Crippen molar-refractivity contribution in [1.29, 1.82) is 0 Å². The molecule has 0 aromatic rings. The third-order valence-electron chi connectivity index (χ3n) is 2.73. The summed E-state index contributed by atoms with van der Waals surface area (Å²) in [6.07, 6.45) is -12.6. The van der Waals surface area contributed by atoms with Crippen molar-refractivity contribution in [2.75, 3.05) is 26.3 Å². The Balaban J connectivity index is 2.70. The Bertz CT molecular complexity index is 308. The topological polar surface area (TPSA) is 29.5 Å². The van der Waals surface area contributed by atoms with Crippen LogP contribution in [0.5, 0.6) is 0 Å². The summed E-state index contributed by atoms with van der Waals surface area (Å²) in [7, 11) is 0. The van der Waals surface area contributed by atoms with Crippen LogP contribution in [-0.4, -0.2) is 49.5 Å². The van der Waals surface area contributed by atoms with Crippen LogP contribution in [0.15, 0.2) is 0 Å². The van der Waals surface area contributed by atoms with Gasteiger partial charge in [0.05, 0.1) is 13.2 Å². The van der Waals surface area contributed by atoms with Gasteiger partial charge in [0.1, 0.15) is 5.92 Å². The molecule has 1 aliphatic heterocycles. The number of nitrogens with zero attached hydrogens (tertiary/aromatic N) is 1. The number of rotatable bonds is 3. The van der Waals surface area contributed by atoms with Crippen LogP contribution in [0, 0.1) is 5.92 Å². The van der Waals surface area contributed by atoms with Gasteiger partial charge in [-0.2, -0.15) is 26.3 Å². The molecule has 0 radical (unpaired) electrons. The lowest BCUT2D eigenvalue weighted by atomic mass is 10.0. The van der Waals surface area contributed by atoms with Gasteiger partial charge in [0.25, 0.3) is 0 Å². The lowest BCUT2D eigenvalue weighted by Gasteiger charge is -2.31. The second-order valence-corrected chi connectivity index (χ2v) is 4.19. The summed E-state index contributed by atoms with van der Waals surface area (Å²) >= 11 is 0. The number of halogens is 6. The fraction of sp³-hybridized carbons (Fsp3) is 0.900. The van der Waals surface area contributed by atoms with Crippen LogP contribution < -0.4 is 0 Å². The van der Waals surface area contributed by atoms with E-state index in [1.54, 1.807) is 0 Å². The van der Waals surface area contributed by atoms with Crippen molar-refractivity contribution in [1.82, 2.24) is 4.90 Å². The molecule has 0 aliphatic carbocycles. The van der Waals surface area contributed by atoms with Crippen LogP contribution in [0.3, 0.4) is 0 Å². The minimum atomic E-state index is -4.97. The van der Waals surface area contributed by atoms with Gasteiger partial charge in [0.15, 0.2) is 0 Å². The van der Waals surface area contributed by atoms with Gasteiger partial charge in [-0.1, -0.05) is 0 Å². The molecule has 1 saturated heterocycles. The minimum Gasteiger partial charge on any atom is -0.378 e. The van der Waals surface area contributed by atoms with Crippen molar-refractivity contribution in [3.05, 3.63) is 0 Å². The van der Waals surface area contributed by atoms with Crippen molar-refractivity contribution in [2.45, 2.75) is 25.2 Å². The van der Waals surface area contributed by atoms with Gasteiger partial charge in [-0.3, -0.25) is 4.79 Å². The van der Waals surface area contributed by atoms with Crippen LogP contribution in [-0.2, 0) is 9.53 Å². The first-order chi connectivity index (χ1) is 8.61. The largest absolute Gasteiger partial charge is 0.400 e. The molecule has 0 aromatic carbocycles. The first-order valence-electron chi connectivity index (χ1n) is 5.61. The molecule has 3 nitrogen and oxygen atoms in total. The monoisotopic (exact) mass is 293 g/mol. The van der Waals surface area contributed by atoms with Crippen molar-refractivity contribution >= 4 is 5.91 Å². The molecule has 112 valence electrons. The van der Waals surface area contributed by atoms with Gasteiger partial charge in [-0.15, -0.1) is 0 Å².